The maximum Gasteiger partial charge on any atom is 0.233 e. The van der Waals surface area contributed by atoms with E-state index in [1.54, 1.807) is 0 Å². The van der Waals surface area contributed by atoms with Crippen LogP contribution in [-0.2, 0) is 9.53 Å². The number of rotatable bonds is 5. The van der Waals surface area contributed by atoms with Crippen molar-refractivity contribution in [3.63, 3.8) is 0 Å². The van der Waals surface area contributed by atoms with Gasteiger partial charge in [-0.1, -0.05) is 30.0 Å². The second-order valence-electron chi connectivity index (χ2n) is 7.13. The fourth-order valence-corrected chi connectivity index (χ4v) is 4.26. The zero-order valence-corrected chi connectivity index (χ0v) is 16.0. The molecule has 0 radical (unpaired) electrons. The summed E-state index contributed by atoms with van der Waals surface area (Å²) in [7, 11) is 0. The normalized spacial score (nSPS) is 23.2. The minimum atomic E-state index is 0.0853. The van der Waals surface area contributed by atoms with Crippen LogP contribution < -0.4 is 0 Å². The molecule has 2 aliphatic rings. The van der Waals surface area contributed by atoms with Gasteiger partial charge in [0, 0.05) is 24.7 Å². The second kappa shape index (κ2) is 7.40. The molecule has 1 aliphatic carbocycles. The number of nitrogens with zero attached hydrogens (tertiary/aromatic N) is 4. The van der Waals surface area contributed by atoms with E-state index in [0.29, 0.717) is 24.8 Å². The highest BCUT2D eigenvalue weighted by Crippen LogP contribution is 2.41. The van der Waals surface area contributed by atoms with Crippen molar-refractivity contribution < 1.29 is 9.53 Å². The molecule has 2 fully saturated rings. The second-order valence-corrected chi connectivity index (χ2v) is 8.07. The first kappa shape index (κ1) is 17.5. The van der Waals surface area contributed by atoms with Crippen LogP contribution in [0.1, 0.15) is 38.4 Å². The summed E-state index contributed by atoms with van der Waals surface area (Å²) in [6.45, 7) is 5.33. The number of thioether (sulfide) groups is 1. The maximum atomic E-state index is 12.7. The van der Waals surface area contributed by atoms with Gasteiger partial charge in [0.2, 0.25) is 5.91 Å². The van der Waals surface area contributed by atoms with Crippen molar-refractivity contribution in [3.8, 4) is 5.69 Å². The molecule has 2 atom stereocenters. The van der Waals surface area contributed by atoms with Crippen molar-refractivity contribution in [3.05, 3.63) is 36.2 Å². The Hall–Kier alpha value is -1.86. The number of ether oxygens (including phenoxy) is 1. The summed E-state index contributed by atoms with van der Waals surface area (Å²) in [6.07, 6.45) is 2.50. The predicted octanol–water partition coefficient (Wildman–Crippen LogP) is 2.87. The van der Waals surface area contributed by atoms with Gasteiger partial charge >= 0.3 is 0 Å². The van der Waals surface area contributed by atoms with Gasteiger partial charge in [0.15, 0.2) is 5.16 Å². The van der Waals surface area contributed by atoms with E-state index in [4.69, 9.17) is 4.74 Å². The monoisotopic (exact) mass is 372 g/mol. The van der Waals surface area contributed by atoms with Gasteiger partial charge in [0.25, 0.3) is 0 Å². The Morgan fingerprint density at radius 2 is 1.85 bits per heavy atom. The predicted molar refractivity (Wildman–Crippen MR) is 101 cm³/mol. The molecule has 138 valence electrons. The summed E-state index contributed by atoms with van der Waals surface area (Å²) >= 11 is 1.47. The molecule has 2 aromatic rings. The lowest BCUT2D eigenvalue weighted by molar-refractivity contribution is -0.140. The Balaban J connectivity index is 1.49. The number of hydrogen-bond donors (Lipinski definition) is 0. The highest BCUT2D eigenvalue weighted by atomic mass is 32.2. The first-order valence-electron chi connectivity index (χ1n) is 9.18. The standard InChI is InChI=1S/C19H24N4O2S/c1-13-10-22(11-14(2)25-13)17(24)12-26-19-21-20-18(15-8-9-15)23(19)16-6-4-3-5-7-16/h3-7,13-15H,8-12H2,1-2H3. The molecule has 0 spiro atoms. The summed E-state index contributed by atoms with van der Waals surface area (Å²) in [5.41, 5.74) is 1.06. The van der Waals surface area contributed by atoms with Crippen molar-refractivity contribution in [2.75, 3.05) is 18.8 Å². The summed E-state index contributed by atoms with van der Waals surface area (Å²) in [5.74, 6) is 2.01. The third-order valence-corrected chi connectivity index (χ3v) is 5.63. The summed E-state index contributed by atoms with van der Waals surface area (Å²) in [4.78, 5) is 14.6. The lowest BCUT2D eigenvalue weighted by atomic mass is 10.2. The van der Waals surface area contributed by atoms with Crippen LogP contribution in [0.5, 0.6) is 0 Å². The van der Waals surface area contributed by atoms with Crippen molar-refractivity contribution in [1.29, 1.82) is 0 Å². The molecular weight excluding hydrogens is 348 g/mol. The molecule has 0 N–H and O–H groups in total. The molecule has 7 heteroatoms. The van der Waals surface area contributed by atoms with E-state index in [2.05, 4.69) is 26.9 Å². The topological polar surface area (TPSA) is 60.2 Å². The van der Waals surface area contributed by atoms with Crippen molar-refractivity contribution >= 4 is 17.7 Å². The molecule has 2 heterocycles. The molecule has 6 nitrogen and oxygen atoms in total. The largest absolute Gasteiger partial charge is 0.372 e. The van der Waals surface area contributed by atoms with Gasteiger partial charge in [-0.3, -0.25) is 9.36 Å². The van der Waals surface area contributed by atoms with Gasteiger partial charge in [-0.15, -0.1) is 10.2 Å². The molecular formula is C19H24N4O2S. The van der Waals surface area contributed by atoms with E-state index < -0.39 is 0 Å². The van der Waals surface area contributed by atoms with Gasteiger partial charge in [-0.05, 0) is 38.8 Å². The Bertz CT molecular complexity index is 765. The minimum absolute atomic E-state index is 0.0853. The van der Waals surface area contributed by atoms with Gasteiger partial charge in [0.05, 0.1) is 18.0 Å². The van der Waals surface area contributed by atoms with Crippen LogP contribution in [0.15, 0.2) is 35.5 Å². The van der Waals surface area contributed by atoms with Gasteiger partial charge in [-0.25, -0.2) is 0 Å². The molecule has 4 rings (SSSR count). The molecule has 1 aromatic heterocycles. The highest BCUT2D eigenvalue weighted by Gasteiger charge is 2.31. The zero-order valence-electron chi connectivity index (χ0n) is 15.2. The van der Waals surface area contributed by atoms with Gasteiger partial charge < -0.3 is 9.64 Å². The molecule has 1 saturated heterocycles. The number of para-hydroxylation sites is 1. The number of carbonyl (C=O) groups is 1. The van der Waals surface area contributed by atoms with Crippen LogP contribution in [0.4, 0.5) is 0 Å². The van der Waals surface area contributed by atoms with Crippen molar-refractivity contribution in [2.24, 2.45) is 0 Å². The van der Waals surface area contributed by atoms with E-state index in [0.717, 1.165) is 29.5 Å². The van der Waals surface area contributed by atoms with Crippen LogP contribution in [0.25, 0.3) is 5.69 Å². The van der Waals surface area contributed by atoms with E-state index in [1.807, 2.05) is 36.9 Å². The van der Waals surface area contributed by atoms with E-state index in [-0.39, 0.29) is 18.1 Å². The lowest BCUT2D eigenvalue weighted by Crippen LogP contribution is -2.48. The quantitative estimate of drug-likeness (QED) is 0.756. The number of morpholine rings is 1. The average molecular weight is 372 g/mol. The van der Waals surface area contributed by atoms with Crippen LogP contribution >= 0.6 is 11.8 Å². The smallest absolute Gasteiger partial charge is 0.233 e. The van der Waals surface area contributed by atoms with Crippen LogP contribution in [0.2, 0.25) is 0 Å². The number of carbonyl (C=O) groups excluding carboxylic acids is 1. The third-order valence-electron chi connectivity index (χ3n) is 4.71. The van der Waals surface area contributed by atoms with Gasteiger partial charge in [-0.2, -0.15) is 0 Å². The van der Waals surface area contributed by atoms with Crippen molar-refractivity contribution in [1.82, 2.24) is 19.7 Å². The minimum Gasteiger partial charge on any atom is -0.372 e. The molecule has 0 bridgehead atoms. The molecule has 1 aromatic carbocycles. The molecule has 1 amide bonds. The summed E-state index contributed by atoms with van der Waals surface area (Å²) < 4.78 is 7.83. The Morgan fingerprint density at radius 1 is 1.15 bits per heavy atom. The lowest BCUT2D eigenvalue weighted by Gasteiger charge is -2.35. The number of hydrogen-bond acceptors (Lipinski definition) is 5. The molecule has 1 aliphatic heterocycles. The Labute approximate surface area is 157 Å². The number of aromatic nitrogens is 3. The number of amides is 1. The first-order chi connectivity index (χ1) is 12.6. The van der Waals surface area contributed by atoms with Crippen LogP contribution in [0, 0.1) is 0 Å². The SMILES string of the molecule is CC1CN(C(=O)CSc2nnc(C3CC3)n2-c2ccccc2)CC(C)O1. The zero-order chi connectivity index (χ0) is 18.1. The van der Waals surface area contributed by atoms with E-state index in [9.17, 15) is 4.79 Å². The average Bonchev–Trinajstić information content (AvgIpc) is 3.39. The van der Waals surface area contributed by atoms with Crippen LogP contribution in [-0.4, -0.2) is 56.6 Å². The Kier molecular flexibility index (Phi) is 5.00. The van der Waals surface area contributed by atoms with Gasteiger partial charge in [0.1, 0.15) is 5.82 Å². The fourth-order valence-electron chi connectivity index (χ4n) is 3.40. The van der Waals surface area contributed by atoms with Crippen LogP contribution in [0.3, 0.4) is 0 Å². The summed E-state index contributed by atoms with van der Waals surface area (Å²) in [6, 6.07) is 10.2. The fraction of sp³-hybridized carbons (Fsp3) is 0.526. The third kappa shape index (κ3) is 3.78. The maximum absolute atomic E-state index is 12.7. The summed E-state index contributed by atoms with van der Waals surface area (Å²) in [5, 5.41) is 9.59. The first-order valence-corrected chi connectivity index (χ1v) is 10.2. The van der Waals surface area contributed by atoms with E-state index >= 15 is 0 Å². The van der Waals surface area contributed by atoms with E-state index in [1.165, 1.54) is 11.8 Å². The molecule has 26 heavy (non-hydrogen) atoms. The highest BCUT2D eigenvalue weighted by molar-refractivity contribution is 7.99. The Morgan fingerprint density at radius 3 is 2.50 bits per heavy atom. The molecule has 1 saturated carbocycles. The van der Waals surface area contributed by atoms with Crippen molar-refractivity contribution in [2.45, 2.75) is 50.0 Å². The number of benzene rings is 1. The molecule has 2 unspecified atom stereocenters.